The van der Waals surface area contributed by atoms with Gasteiger partial charge in [0.05, 0.1) is 19.3 Å². The van der Waals surface area contributed by atoms with Crippen LogP contribution in [0.4, 0.5) is 8.78 Å². The number of amides is 1. The quantitative estimate of drug-likeness (QED) is 0.671. The molecule has 0 aliphatic rings. The molecule has 1 aromatic carbocycles. The van der Waals surface area contributed by atoms with E-state index < -0.39 is 30.8 Å². The molecule has 2 N–H and O–H groups in total. The molecule has 6 nitrogen and oxygen atoms in total. The summed E-state index contributed by atoms with van der Waals surface area (Å²) in [7, 11) is 1.45. The van der Waals surface area contributed by atoms with Gasteiger partial charge in [0, 0.05) is 12.5 Å². The molecule has 0 spiro atoms. The Morgan fingerprint density at radius 1 is 1.28 bits per heavy atom. The van der Waals surface area contributed by atoms with Crippen molar-refractivity contribution >= 4 is 11.9 Å². The Morgan fingerprint density at radius 2 is 1.96 bits per heavy atom. The summed E-state index contributed by atoms with van der Waals surface area (Å²) >= 11 is 0. The van der Waals surface area contributed by atoms with Crippen LogP contribution in [-0.2, 0) is 4.79 Å². The molecule has 8 heteroatoms. The summed E-state index contributed by atoms with van der Waals surface area (Å²) in [5, 5.41) is 11.1. The van der Waals surface area contributed by atoms with Crippen molar-refractivity contribution in [3.05, 3.63) is 23.8 Å². The number of carbonyl (C=O) groups is 2. The van der Waals surface area contributed by atoms with E-state index >= 15 is 0 Å². The Morgan fingerprint density at radius 3 is 2.48 bits per heavy atom. The number of rotatable bonds is 10. The van der Waals surface area contributed by atoms with E-state index in [1.165, 1.54) is 25.3 Å². The fourth-order valence-electron chi connectivity index (χ4n) is 1.98. The highest BCUT2D eigenvalue weighted by molar-refractivity contribution is 5.99. The van der Waals surface area contributed by atoms with Gasteiger partial charge >= 0.3 is 5.97 Å². The largest absolute Gasteiger partial charge is 0.497 e. The molecule has 1 rings (SSSR count). The van der Waals surface area contributed by atoms with Crippen molar-refractivity contribution in [2.24, 2.45) is 5.92 Å². The minimum atomic E-state index is -2.85. The molecule has 0 aliphatic heterocycles. The number of hydrogen-bond donors (Lipinski definition) is 2. The van der Waals surface area contributed by atoms with Gasteiger partial charge in [-0.3, -0.25) is 4.79 Å². The van der Waals surface area contributed by atoms with Crippen LogP contribution in [0.5, 0.6) is 11.5 Å². The number of methoxy groups -OCH3 is 1. The SMILES string of the molecule is COc1ccc(C(=O)NC(CC(F)F)C(=O)O)c(OCCC(C)C)c1. The number of aliphatic carboxylic acids is 1. The third-order valence-electron chi connectivity index (χ3n) is 3.40. The van der Waals surface area contributed by atoms with E-state index in [-0.39, 0.29) is 11.3 Å². The first-order valence-corrected chi connectivity index (χ1v) is 7.87. The lowest BCUT2D eigenvalue weighted by Crippen LogP contribution is -2.42. The first-order valence-electron chi connectivity index (χ1n) is 7.87. The van der Waals surface area contributed by atoms with E-state index in [0.29, 0.717) is 18.3 Å². The van der Waals surface area contributed by atoms with Gasteiger partial charge in [0.1, 0.15) is 17.5 Å². The molecule has 0 saturated carbocycles. The maximum Gasteiger partial charge on any atom is 0.326 e. The van der Waals surface area contributed by atoms with Crippen LogP contribution in [-0.4, -0.2) is 43.2 Å². The molecule has 0 aliphatic carbocycles. The van der Waals surface area contributed by atoms with Gasteiger partial charge < -0.3 is 19.9 Å². The lowest BCUT2D eigenvalue weighted by molar-refractivity contribution is -0.140. The molecule has 0 bridgehead atoms. The molecular formula is C17H23F2NO5. The third-order valence-corrected chi connectivity index (χ3v) is 3.40. The lowest BCUT2D eigenvalue weighted by Gasteiger charge is -2.17. The normalized spacial score (nSPS) is 12.1. The highest BCUT2D eigenvalue weighted by Crippen LogP contribution is 2.25. The first kappa shape index (κ1) is 20.7. The minimum Gasteiger partial charge on any atom is -0.497 e. The Bertz CT molecular complexity index is 592. The maximum absolute atomic E-state index is 12.5. The van der Waals surface area contributed by atoms with Crippen LogP contribution in [0.25, 0.3) is 0 Å². The molecule has 0 radical (unpaired) electrons. The highest BCUT2D eigenvalue weighted by atomic mass is 19.3. The maximum atomic E-state index is 12.5. The predicted octanol–water partition coefficient (Wildman–Crippen LogP) is 2.96. The summed E-state index contributed by atoms with van der Waals surface area (Å²) < 4.78 is 35.6. The molecule has 0 saturated heterocycles. The summed E-state index contributed by atoms with van der Waals surface area (Å²) in [6.07, 6.45) is -3.07. The van der Waals surface area contributed by atoms with Crippen molar-refractivity contribution in [2.75, 3.05) is 13.7 Å². The van der Waals surface area contributed by atoms with Crippen LogP contribution >= 0.6 is 0 Å². The summed E-state index contributed by atoms with van der Waals surface area (Å²) in [4.78, 5) is 23.4. The van der Waals surface area contributed by atoms with Crippen molar-refractivity contribution in [2.45, 2.75) is 39.2 Å². The molecule has 1 atom stereocenters. The van der Waals surface area contributed by atoms with Gasteiger partial charge in [-0.1, -0.05) is 13.8 Å². The van der Waals surface area contributed by atoms with Crippen molar-refractivity contribution in [1.29, 1.82) is 0 Å². The zero-order chi connectivity index (χ0) is 19.0. The molecular weight excluding hydrogens is 336 g/mol. The number of carboxylic acid groups (broad SMARTS) is 1. The Balaban J connectivity index is 2.96. The van der Waals surface area contributed by atoms with Crippen LogP contribution in [0.3, 0.4) is 0 Å². The van der Waals surface area contributed by atoms with Crippen molar-refractivity contribution in [3.8, 4) is 11.5 Å². The Hall–Kier alpha value is -2.38. The smallest absolute Gasteiger partial charge is 0.326 e. The fourth-order valence-corrected chi connectivity index (χ4v) is 1.98. The lowest BCUT2D eigenvalue weighted by atomic mass is 10.1. The monoisotopic (exact) mass is 359 g/mol. The zero-order valence-corrected chi connectivity index (χ0v) is 14.4. The van der Waals surface area contributed by atoms with Crippen LogP contribution < -0.4 is 14.8 Å². The fraction of sp³-hybridized carbons (Fsp3) is 0.529. The van der Waals surface area contributed by atoms with Gasteiger partial charge in [0.15, 0.2) is 0 Å². The van der Waals surface area contributed by atoms with E-state index in [1.54, 1.807) is 0 Å². The summed E-state index contributed by atoms with van der Waals surface area (Å²) in [6.45, 7) is 4.39. The van der Waals surface area contributed by atoms with Crippen LogP contribution in [0.2, 0.25) is 0 Å². The van der Waals surface area contributed by atoms with Crippen molar-refractivity contribution < 1.29 is 33.0 Å². The number of carbonyl (C=O) groups excluding carboxylic acids is 1. The summed E-state index contributed by atoms with van der Waals surface area (Å²) in [5.74, 6) is -1.26. The molecule has 1 unspecified atom stereocenters. The molecule has 0 fully saturated rings. The minimum absolute atomic E-state index is 0.0603. The van der Waals surface area contributed by atoms with E-state index in [4.69, 9.17) is 14.6 Å². The number of hydrogen-bond acceptors (Lipinski definition) is 4. The van der Waals surface area contributed by atoms with Crippen molar-refractivity contribution in [1.82, 2.24) is 5.32 Å². The van der Waals surface area contributed by atoms with Gasteiger partial charge in [-0.15, -0.1) is 0 Å². The van der Waals surface area contributed by atoms with E-state index in [9.17, 15) is 18.4 Å². The number of ether oxygens (including phenoxy) is 2. The standard InChI is InChI=1S/C17H23F2NO5/c1-10(2)6-7-25-14-8-11(24-3)4-5-12(14)16(21)20-13(17(22)23)9-15(18)19/h4-5,8,10,13,15H,6-7,9H2,1-3H3,(H,20,21)(H,22,23). The molecule has 1 amide bonds. The van der Waals surface area contributed by atoms with Crippen LogP contribution in [0, 0.1) is 5.92 Å². The topological polar surface area (TPSA) is 84.9 Å². The number of halogens is 2. The molecule has 1 aromatic rings. The highest BCUT2D eigenvalue weighted by Gasteiger charge is 2.26. The van der Waals surface area contributed by atoms with E-state index in [0.717, 1.165) is 6.42 Å². The van der Waals surface area contributed by atoms with Crippen LogP contribution in [0.1, 0.15) is 37.0 Å². The Labute approximate surface area is 145 Å². The summed E-state index contributed by atoms with van der Waals surface area (Å²) in [5.41, 5.74) is 0.0603. The van der Waals surface area contributed by atoms with Gasteiger partial charge in [0.2, 0.25) is 6.43 Å². The molecule has 0 heterocycles. The second kappa shape index (κ2) is 9.80. The van der Waals surface area contributed by atoms with Gasteiger partial charge in [-0.2, -0.15) is 0 Å². The molecule has 140 valence electrons. The molecule has 25 heavy (non-hydrogen) atoms. The molecule has 0 aromatic heterocycles. The summed E-state index contributed by atoms with van der Waals surface area (Å²) in [6, 6.07) is 2.73. The van der Waals surface area contributed by atoms with Crippen molar-refractivity contribution in [3.63, 3.8) is 0 Å². The second-order valence-corrected chi connectivity index (χ2v) is 5.88. The second-order valence-electron chi connectivity index (χ2n) is 5.88. The van der Waals surface area contributed by atoms with Crippen LogP contribution in [0.15, 0.2) is 18.2 Å². The Kier molecular flexibility index (Phi) is 8.10. The zero-order valence-electron chi connectivity index (χ0n) is 14.4. The first-order chi connectivity index (χ1) is 11.7. The van der Waals surface area contributed by atoms with Gasteiger partial charge in [-0.05, 0) is 24.5 Å². The number of carboxylic acids is 1. The average molecular weight is 359 g/mol. The van der Waals surface area contributed by atoms with Gasteiger partial charge in [-0.25, -0.2) is 13.6 Å². The predicted molar refractivity (Wildman–Crippen MR) is 87.5 cm³/mol. The third kappa shape index (κ3) is 6.94. The number of benzene rings is 1. The van der Waals surface area contributed by atoms with Gasteiger partial charge in [0.25, 0.3) is 5.91 Å². The van der Waals surface area contributed by atoms with E-state index in [2.05, 4.69) is 5.32 Å². The number of nitrogens with one attached hydrogen (secondary N) is 1. The average Bonchev–Trinajstić information content (AvgIpc) is 2.53. The number of alkyl halides is 2. The van der Waals surface area contributed by atoms with E-state index in [1.807, 2.05) is 13.8 Å².